The topological polar surface area (TPSA) is 45.0 Å². The van der Waals surface area contributed by atoms with Gasteiger partial charge >= 0.3 is 0 Å². The van der Waals surface area contributed by atoms with Crippen LogP contribution in [0.5, 0.6) is 0 Å². The third kappa shape index (κ3) is 5.48. The van der Waals surface area contributed by atoms with Crippen molar-refractivity contribution in [2.24, 2.45) is 5.41 Å². The lowest BCUT2D eigenvalue weighted by molar-refractivity contribution is 0.111. The molecule has 1 unspecified atom stereocenters. The molecule has 0 aromatic heterocycles. The van der Waals surface area contributed by atoms with Crippen molar-refractivity contribution in [3.8, 4) is 6.07 Å². The van der Waals surface area contributed by atoms with Gasteiger partial charge < -0.3 is 10.1 Å². The molecule has 0 amide bonds. The lowest BCUT2D eigenvalue weighted by atomic mass is 9.89. The highest BCUT2D eigenvalue weighted by molar-refractivity contribution is 4.91. The zero-order chi connectivity index (χ0) is 11.9. The molecule has 0 radical (unpaired) electrons. The first-order valence-corrected chi connectivity index (χ1v) is 6.36. The Kier molecular flexibility index (Phi) is 5.79. The number of unbranched alkanes of at least 4 members (excludes halogenated alkanes) is 1. The summed E-state index contributed by atoms with van der Waals surface area (Å²) in [6, 6.07) is 2.91. The lowest BCUT2D eigenvalue weighted by Gasteiger charge is -2.15. The third-order valence-electron chi connectivity index (χ3n) is 3.12. The molecule has 3 nitrogen and oxygen atoms in total. The first kappa shape index (κ1) is 13.5. The summed E-state index contributed by atoms with van der Waals surface area (Å²) >= 11 is 0. The molecule has 1 atom stereocenters. The van der Waals surface area contributed by atoms with Gasteiger partial charge in [-0.3, -0.25) is 0 Å². The van der Waals surface area contributed by atoms with Crippen molar-refractivity contribution in [3.05, 3.63) is 0 Å². The molecule has 3 heteroatoms. The monoisotopic (exact) mass is 224 g/mol. The summed E-state index contributed by atoms with van der Waals surface area (Å²) in [4.78, 5) is 0. The second-order valence-corrected chi connectivity index (χ2v) is 5.32. The van der Waals surface area contributed by atoms with Crippen LogP contribution in [0.4, 0.5) is 0 Å². The molecule has 16 heavy (non-hydrogen) atoms. The normalized spacial score (nSPS) is 20.9. The van der Waals surface area contributed by atoms with E-state index in [2.05, 4.69) is 11.4 Å². The molecule has 0 aromatic rings. The molecule has 0 spiro atoms. The van der Waals surface area contributed by atoms with Gasteiger partial charge in [0.15, 0.2) is 0 Å². The summed E-state index contributed by atoms with van der Waals surface area (Å²) in [6.07, 6.45) is 5.65. The Morgan fingerprint density at radius 1 is 1.44 bits per heavy atom. The maximum Gasteiger partial charge on any atom is 0.0683 e. The summed E-state index contributed by atoms with van der Waals surface area (Å²) < 4.78 is 5.62. The lowest BCUT2D eigenvalue weighted by Crippen LogP contribution is -2.26. The maximum absolute atomic E-state index is 8.85. The zero-order valence-corrected chi connectivity index (χ0v) is 10.6. The van der Waals surface area contributed by atoms with Crippen molar-refractivity contribution in [1.82, 2.24) is 5.32 Å². The van der Waals surface area contributed by atoms with E-state index in [1.807, 2.05) is 13.8 Å². The quantitative estimate of drug-likeness (QED) is 0.676. The predicted octanol–water partition coefficient (Wildman–Crippen LogP) is 2.48. The minimum Gasteiger partial charge on any atom is -0.380 e. The highest BCUT2D eigenvalue weighted by atomic mass is 16.5. The van der Waals surface area contributed by atoms with Crippen LogP contribution in [0.1, 0.15) is 46.0 Å². The van der Waals surface area contributed by atoms with Crippen molar-refractivity contribution in [1.29, 1.82) is 5.26 Å². The molecule has 92 valence electrons. The minimum absolute atomic E-state index is 0.174. The fourth-order valence-corrected chi connectivity index (χ4v) is 1.95. The molecule has 0 aliphatic carbocycles. The highest BCUT2D eigenvalue weighted by Gasteiger charge is 2.16. The summed E-state index contributed by atoms with van der Waals surface area (Å²) in [5.41, 5.74) is -0.174. The van der Waals surface area contributed by atoms with Gasteiger partial charge in [0.1, 0.15) is 0 Å². The molecule has 1 aliphatic heterocycles. The van der Waals surface area contributed by atoms with Crippen molar-refractivity contribution < 1.29 is 4.74 Å². The van der Waals surface area contributed by atoms with Crippen LogP contribution in [0.2, 0.25) is 0 Å². The fourth-order valence-electron chi connectivity index (χ4n) is 1.95. The number of hydrogen-bond donors (Lipinski definition) is 1. The Balaban J connectivity index is 1.90. The molecule has 1 saturated heterocycles. The number of nitriles is 1. The van der Waals surface area contributed by atoms with E-state index in [9.17, 15) is 0 Å². The number of nitrogens with zero attached hydrogens (tertiary/aromatic N) is 1. The molecule has 1 rings (SSSR count). The number of hydrogen-bond acceptors (Lipinski definition) is 3. The van der Waals surface area contributed by atoms with Crippen LogP contribution in [0.15, 0.2) is 0 Å². The van der Waals surface area contributed by atoms with Crippen LogP contribution >= 0.6 is 0 Å². The average Bonchev–Trinajstić information content (AvgIpc) is 2.76. The van der Waals surface area contributed by atoms with Gasteiger partial charge in [-0.25, -0.2) is 0 Å². The average molecular weight is 224 g/mol. The number of ether oxygens (including phenoxy) is 1. The minimum atomic E-state index is -0.174. The predicted molar refractivity (Wildman–Crippen MR) is 65.1 cm³/mol. The molecule has 0 bridgehead atoms. The Hall–Kier alpha value is -0.590. The summed E-state index contributed by atoms with van der Waals surface area (Å²) in [5, 5.41) is 12.3. The molecule has 1 fully saturated rings. The van der Waals surface area contributed by atoms with Crippen LogP contribution in [0.3, 0.4) is 0 Å². The zero-order valence-electron chi connectivity index (χ0n) is 10.6. The summed E-state index contributed by atoms with van der Waals surface area (Å²) in [7, 11) is 0. The van der Waals surface area contributed by atoms with Gasteiger partial charge in [-0.15, -0.1) is 0 Å². The van der Waals surface area contributed by atoms with Gasteiger partial charge in [-0.05, 0) is 52.5 Å². The van der Waals surface area contributed by atoms with Gasteiger partial charge in [0, 0.05) is 12.6 Å². The largest absolute Gasteiger partial charge is 0.380 e. The second-order valence-electron chi connectivity index (χ2n) is 5.32. The highest BCUT2D eigenvalue weighted by Crippen LogP contribution is 2.21. The van der Waals surface area contributed by atoms with E-state index in [0.29, 0.717) is 6.04 Å². The molecule has 1 heterocycles. The maximum atomic E-state index is 8.85. The van der Waals surface area contributed by atoms with Gasteiger partial charge in [0.05, 0.1) is 18.1 Å². The van der Waals surface area contributed by atoms with Crippen LogP contribution in [-0.4, -0.2) is 25.8 Å². The van der Waals surface area contributed by atoms with Gasteiger partial charge in [0.2, 0.25) is 0 Å². The van der Waals surface area contributed by atoms with E-state index in [4.69, 9.17) is 10.00 Å². The van der Waals surface area contributed by atoms with E-state index in [1.54, 1.807) is 0 Å². The Morgan fingerprint density at radius 3 is 2.88 bits per heavy atom. The van der Waals surface area contributed by atoms with E-state index >= 15 is 0 Å². The summed E-state index contributed by atoms with van der Waals surface area (Å²) in [6.45, 7) is 6.82. The Labute approximate surface area is 99.2 Å². The van der Waals surface area contributed by atoms with Crippen LogP contribution in [-0.2, 0) is 4.74 Å². The smallest absolute Gasteiger partial charge is 0.0683 e. The van der Waals surface area contributed by atoms with Gasteiger partial charge in [0.25, 0.3) is 0 Å². The van der Waals surface area contributed by atoms with E-state index < -0.39 is 0 Å². The van der Waals surface area contributed by atoms with E-state index in [0.717, 1.165) is 39.0 Å². The molecular formula is C13H24N2O. The van der Waals surface area contributed by atoms with Crippen LogP contribution in [0, 0.1) is 16.7 Å². The Morgan fingerprint density at radius 2 is 2.25 bits per heavy atom. The van der Waals surface area contributed by atoms with Crippen molar-refractivity contribution in [3.63, 3.8) is 0 Å². The van der Waals surface area contributed by atoms with Crippen molar-refractivity contribution >= 4 is 0 Å². The summed E-state index contributed by atoms with van der Waals surface area (Å²) in [5.74, 6) is 0. The Bertz CT molecular complexity index is 227. The molecular weight excluding hydrogens is 200 g/mol. The molecule has 0 saturated carbocycles. The standard InChI is InChI=1S/C13H24N2O/c1-13(2,11-14)7-3-4-9-16-10-12-6-5-8-15-12/h12,15H,3-10H2,1-2H3. The first-order valence-electron chi connectivity index (χ1n) is 6.36. The number of nitrogens with one attached hydrogen (secondary N) is 1. The van der Waals surface area contributed by atoms with Crippen LogP contribution < -0.4 is 5.32 Å². The molecule has 1 aliphatic rings. The van der Waals surface area contributed by atoms with E-state index in [1.165, 1.54) is 12.8 Å². The number of rotatable bonds is 7. The first-order chi connectivity index (χ1) is 7.64. The van der Waals surface area contributed by atoms with Gasteiger partial charge in [-0.1, -0.05) is 0 Å². The van der Waals surface area contributed by atoms with Gasteiger partial charge in [-0.2, -0.15) is 5.26 Å². The van der Waals surface area contributed by atoms with Crippen molar-refractivity contribution in [2.45, 2.75) is 52.0 Å². The third-order valence-corrected chi connectivity index (χ3v) is 3.12. The second kappa shape index (κ2) is 6.88. The molecule has 1 N–H and O–H groups in total. The fraction of sp³-hybridized carbons (Fsp3) is 0.923. The molecule has 0 aromatic carbocycles. The SMILES string of the molecule is CC(C)(C#N)CCCCOCC1CCCN1. The van der Waals surface area contributed by atoms with Crippen LogP contribution in [0.25, 0.3) is 0 Å². The van der Waals surface area contributed by atoms with Crippen molar-refractivity contribution in [2.75, 3.05) is 19.8 Å². The van der Waals surface area contributed by atoms with E-state index in [-0.39, 0.29) is 5.41 Å².